The van der Waals surface area contributed by atoms with Gasteiger partial charge in [0, 0.05) is 19.3 Å². The van der Waals surface area contributed by atoms with Gasteiger partial charge in [0.2, 0.25) is 0 Å². The maximum atomic E-state index is 12.8. The van der Waals surface area contributed by atoms with Crippen molar-refractivity contribution in [2.24, 2.45) is 0 Å². The van der Waals surface area contributed by atoms with Crippen molar-refractivity contribution in [3.8, 4) is 0 Å². The molecule has 0 aromatic rings. The molecule has 0 aliphatic carbocycles. The number of esters is 3. The van der Waals surface area contributed by atoms with Gasteiger partial charge in [0.15, 0.2) is 6.10 Å². The van der Waals surface area contributed by atoms with E-state index in [0.29, 0.717) is 19.3 Å². The van der Waals surface area contributed by atoms with E-state index in [0.717, 1.165) is 64.2 Å². The zero-order valence-corrected chi connectivity index (χ0v) is 44.0. The van der Waals surface area contributed by atoms with Gasteiger partial charge in [-0.3, -0.25) is 14.4 Å². The van der Waals surface area contributed by atoms with Crippen LogP contribution < -0.4 is 0 Å². The monoisotopic (exact) mass is 917 g/mol. The quantitative estimate of drug-likeness (QED) is 0.0262. The van der Waals surface area contributed by atoms with Crippen LogP contribution in [0.2, 0.25) is 0 Å². The lowest BCUT2D eigenvalue weighted by Crippen LogP contribution is -2.30. The van der Waals surface area contributed by atoms with Gasteiger partial charge in [-0.2, -0.15) is 0 Å². The van der Waals surface area contributed by atoms with E-state index in [1.54, 1.807) is 0 Å². The summed E-state index contributed by atoms with van der Waals surface area (Å²) in [4.78, 5) is 38.1. The second-order valence-electron chi connectivity index (χ2n) is 19.9. The van der Waals surface area contributed by atoms with Crippen LogP contribution in [0.15, 0.2) is 12.2 Å². The van der Waals surface area contributed by atoms with Crippen molar-refractivity contribution in [3.05, 3.63) is 12.2 Å². The summed E-state index contributed by atoms with van der Waals surface area (Å²) < 4.78 is 16.9. The summed E-state index contributed by atoms with van der Waals surface area (Å²) in [5.74, 6) is -0.854. The highest BCUT2D eigenvalue weighted by atomic mass is 16.6. The lowest BCUT2D eigenvalue weighted by atomic mass is 10.0. The third-order valence-electron chi connectivity index (χ3n) is 13.3. The smallest absolute Gasteiger partial charge is 0.306 e. The van der Waals surface area contributed by atoms with E-state index in [1.807, 2.05) is 0 Å². The molecule has 0 rings (SSSR count). The first kappa shape index (κ1) is 63.1. The molecular formula is C59H112O6. The molecule has 0 heterocycles. The molecular weight excluding hydrogens is 805 g/mol. The van der Waals surface area contributed by atoms with Crippen molar-refractivity contribution in [3.63, 3.8) is 0 Å². The van der Waals surface area contributed by atoms with Gasteiger partial charge >= 0.3 is 17.9 Å². The van der Waals surface area contributed by atoms with Gasteiger partial charge in [-0.05, 0) is 38.5 Å². The highest BCUT2D eigenvalue weighted by Crippen LogP contribution is 2.17. The Kier molecular flexibility index (Phi) is 53.2. The van der Waals surface area contributed by atoms with E-state index in [1.165, 1.54) is 225 Å². The van der Waals surface area contributed by atoms with Crippen LogP contribution >= 0.6 is 0 Å². The number of carbonyl (C=O) groups excluding carboxylic acids is 3. The van der Waals surface area contributed by atoms with Crippen LogP contribution in [0.5, 0.6) is 0 Å². The predicted octanol–water partition coefficient (Wildman–Crippen LogP) is 19.3. The molecule has 0 N–H and O–H groups in total. The summed E-state index contributed by atoms with van der Waals surface area (Å²) in [7, 11) is 0. The molecule has 0 amide bonds. The second-order valence-corrected chi connectivity index (χ2v) is 19.9. The van der Waals surface area contributed by atoms with Crippen molar-refractivity contribution < 1.29 is 28.6 Å². The summed E-state index contributed by atoms with van der Waals surface area (Å²) >= 11 is 0. The molecule has 384 valence electrons. The van der Waals surface area contributed by atoms with Crippen molar-refractivity contribution in [1.82, 2.24) is 0 Å². The van der Waals surface area contributed by atoms with Crippen molar-refractivity contribution in [1.29, 1.82) is 0 Å². The van der Waals surface area contributed by atoms with Gasteiger partial charge in [0.1, 0.15) is 13.2 Å². The van der Waals surface area contributed by atoms with E-state index >= 15 is 0 Å². The Hall–Kier alpha value is -1.85. The average Bonchev–Trinajstić information content (AvgIpc) is 3.30. The molecule has 0 saturated heterocycles. The lowest BCUT2D eigenvalue weighted by molar-refractivity contribution is -0.167. The Morgan fingerprint density at radius 3 is 0.815 bits per heavy atom. The van der Waals surface area contributed by atoms with E-state index in [2.05, 4.69) is 32.9 Å². The SMILES string of the molecule is CCCC/C=C\CCCCCCCC(=O)O[C@@H](COC(=O)CCCCCCCCCCCCCCCCC)COC(=O)CCCCCCCCCCCCCCCCCCCCCCC. The Morgan fingerprint density at radius 1 is 0.292 bits per heavy atom. The highest BCUT2D eigenvalue weighted by Gasteiger charge is 2.19. The molecule has 1 atom stereocenters. The van der Waals surface area contributed by atoms with Crippen LogP contribution in [-0.4, -0.2) is 37.2 Å². The molecule has 0 aliphatic rings. The molecule has 0 spiro atoms. The summed E-state index contributed by atoms with van der Waals surface area (Å²) in [5, 5.41) is 0. The summed E-state index contributed by atoms with van der Waals surface area (Å²) in [6, 6.07) is 0. The van der Waals surface area contributed by atoms with E-state index in [4.69, 9.17) is 14.2 Å². The zero-order chi connectivity index (χ0) is 47.2. The first-order valence-corrected chi connectivity index (χ1v) is 29.2. The Labute approximate surface area is 405 Å². The van der Waals surface area contributed by atoms with Gasteiger partial charge in [0.25, 0.3) is 0 Å². The molecule has 0 aromatic heterocycles. The minimum absolute atomic E-state index is 0.0676. The number of ether oxygens (including phenoxy) is 3. The highest BCUT2D eigenvalue weighted by molar-refractivity contribution is 5.71. The van der Waals surface area contributed by atoms with Gasteiger partial charge in [0.05, 0.1) is 0 Å². The molecule has 65 heavy (non-hydrogen) atoms. The second kappa shape index (κ2) is 54.8. The molecule has 6 heteroatoms. The van der Waals surface area contributed by atoms with Crippen LogP contribution in [0.25, 0.3) is 0 Å². The number of allylic oxidation sites excluding steroid dienone is 2. The van der Waals surface area contributed by atoms with Crippen LogP contribution in [0.4, 0.5) is 0 Å². The molecule has 0 fully saturated rings. The van der Waals surface area contributed by atoms with Crippen molar-refractivity contribution in [2.45, 2.75) is 335 Å². The number of unbranched alkanes of at least 4 members (excludes halogenated alkanes) is 41. The predicted molar refractivity (Wildman–Crippen MR) is 280 cm³/mol. The van der Waals surface area contributed by atoms with Crippen LogP contribution in [0, 0.1) is 0 Å². The fourth-order valence-corrected chi connectivity index (χ4v) is 8.84. The Morgan fingerprint density at radius 2 is 0.523 bits per heavy atom. The van der Waals surface area contributed by atoms with Crippen LogP contribution in [0.1, 0.15) is 329 Å². The molecule has 0 radical (unpaired) electrons. The Balaban J connectivity index is 4.21. The van der Waals surface area contributed by atoms with Crippen LogP contribution in [0.3, 0.4) is 0 Å². The number of carbonyl (C=O) groups is 3. The maximum Gasteiger partial charge on any atom is 0.306 e. The third-order valence-corrected chi connectivity index (χ3v) is 13.3. The van der Waals surface area contributed by atoms with E-state index in [9.17, 15) is 14.4 Å². The molecule has 0 saturated carbocycles. The topological polar surface area (TPSA) is 78.9 Å². The normalized spacial score (nSPS) is 12.0. The maximum absolute atomic E-state index is 12.8. The molecule has 6 nitrogen and oxygen atoms in total. The fourth-order valence-electron chi connectivity index (χ4n) is 8.84. The summed E-state index contributed by atoms with van der Waals surface area (Å²) in [6.07, 6.45) is 62.1. The van der Waals surface area contributed by atoms with E-state index < -0.39 is 6.10 Å². The first-order valence-electron chi connectivity index (χ1n) is 29.2. The van der Waals surface area contributed by atoms with E-state index in [-0.39, 0.29) is 31.1 Å². The van der Waals surface area contributed by atoms with Crippen molar-refractivity contribution >= 4 is 17.9 Å². The number of rotatable bonds is 54. The molecule has 0 aliphatic heterocycles. The summed E-state index contributed by atoms with van der Waals surface area (Å²) in [6.45, 7) is 6.65. The lowest BCUT2D eigenvalue weighted by Gasteiger charge is -2.18. The number of hydrogen-bond donors (Lipinski definition) is 0. The largest absolute Gasteiger partial charge is 0.462 e. The van der Waals surface area contributed by atoms with Gasteiger partial charge in [-0.1, -0.05) is 283 Å². The van der Waals surface area contributed by atoms with Gasteiger partial charge in [-0.15, -0.1) is 0 Å². The molecule has 0 aromatic carbocycles. The molecule has 0 bridgehead atoms. The standard InChI is InChI=1S/C59H112O6/c1-4-7-10-13-16-19-22-24-26-27-28-29-30-31-33-35-38-40-43-46-49-52-58(61)64-55-56(65-59(62)53-50-47-44-41-36-21-18-15-12-9-6-3)54-63-57(60)51-48-45-42-39-37-34-32-25-23-20-17-14-11-8-5-2/h15,18,56H,4-14,16-17,19-55H2,1-3H3/b18-15-/t56-/m0/s1. The van der Waals surface area contributed by atoms with Gasteiger partial charge in [-0.25, -0.2) is 0 Å². The van der Waals surface area contributed by atoms with Gasteiger partial charge < -0.3 is 14.2 Å². The van der Waals surface area contributed by atoms with Crippen molar-refractivity contribution in [2.75, 3.05) is 13.2 Å². The number of hydrogen-bond acceptors (Lipinski definition) is 6. The first-order chi connectivity index (χ1) is 32.0. The summed E-state index contributed by atoms with van der Waals surface area (Å²) in [5.41, 5.74) is 0. The average molecular weight is 918 g/mol. The third kappa shape index (κ3) is 53.0. The minimum atomic E-state index is -0.768. The van der Waals surface area contributed by atoms with Crippen LogP contribution in [-0.2, 0) is 28.6 Å². The molecule has 0 unspecified atom stereocenters. The zero-order valence-electron chi connectivity index (χ0n) is 44.0. The fraction of sp³-hybridized carbons (Fsp3) is 0.915. The minimum Gasteiger partial charge on any atom is -0.462 e. The Bertz CT molecular complexity index is 1010.